The molecule has 2 aromatic carbocycles. The standard InChI is InChI=1S/C17H20N2O2/c1-19(15(20)12-18)16(13-8-4-2-5-9-13)17(21)14-10-6-3-7-11-14/h2-11,16-17,21H,12,18H2,1H3. The summed E-state index contributed by atoms with van der Waals surface area (Å²) in [6.07, 6.45) is -0.811. The number of hydrogen-bond donors (Lipinski definition) is 2. The molecule has 0 saturated heterocycles. The van der Waals surface area contributed by atoms with Crippen LogP contribution in [-0.4, -0.2) is 29.5 Å². The van der Waals surface area contributed by atoms with E-state index in [9.17, 15) is 9.90 Å². The first kappa shape index (κ1) is 15.2. The molecule has 0 aliphatic rings. The molecule has 110 valence electrons. The average molecular weight is 284 g/mol. The largest absolute Gasteiger partial charge is 0.386 e. The molecular weight excluding hydrogens is 264 g/mol. The van der Waals surface area contributed by atoms with E-state index in [4.69, 9.17) is 5.73 Å². The van der Waals surface area contributed by atoms with Crippen molar-refractivity contribution in [3.8, 4) is 0 Å². The van der Waals surface area contributed by atoms with E-state index in [0.29, 0.717) is 0 Å². The monoisotopic (exact) mass is 284 g/mol. The normalized spacial score (nSPS) is 13.5. The molecule has 3 N–H and O–H groups in total. The van der Waals surface area contributed by atoms with Crippen molar-refractivity contribution in [3.63, 3.8) is 0 Å². The van der Waals surface area contributed by atoms with Crippen molar-refractivity contribution in [2.24, 2.45) is 5.73 Å². The summed E-state index contributed by atoms with van der Waals surface area (Å²) in [7, 11) is 1.67. The first-order valence-corrected chi connectivity index (χ1v) is 6.89. The number of nitrogens with zero attached hydrogens (tertiary/aromatic N) is 1. The Hall–Kier alpha value is -2.17. The summed E-state index contributed by atoms with van der Waals surface area (Å²) in [5.74, 6) is -0.209. The Morgan fingerprint density at radius 1 is 1.05 bits per heavy atom. The average Bonchev–Trinajstić information content (AvgIpc) is 2.56. The van der Waals surface area contributed by atoms with Crippen molar-refractivity contribution >= 4 is 5.91 Å². The molecule has 0 fully saturated rings. The van der Waals surface area contributed by atoms with E-state index in [1.165, 1.54) is 4.90 Å². The molecule has 0 bridgehead atoms. The van der Waals surface area contributed by atoms with Gasteiger partial charge in [0.05, 0.1) is 12.6 Å². The third-order valence-corrected chi connectivity index (χ3v) is 3.57. The quantitative estimate of drug-likeness (QED) is 0.881. The van der Waals surface area contributed by atoms with Crippen LogP contribution in [0.25, 0.3) is 0 Å². The van der Waals surface area contributed by atoms with Crippen LogP contribution in [0.3, 0.4) is 0 Å². The fourth-order valence-electron chi connectivity index (χ4n) is 2.40. The molecule has 0 aliphatic carbocycles. The minimum atomic E-state index is -0.811. The number of benzene rings is 2. The van der Waals surface area contributed by atoms with Crippen molar-refractivity contribution in [1.29, 1.82) is 0 Å². The number of aliphatic hydroxyl groups is 1. The smallest absolute Gasteiger partial charge is 0.236 e. The summed E-state index contributed by atoms with van der Waals surface area (Å²) >= 11 is 0. The summed E-state index contributed by atoms with van der Waals surface area (Å²) in [5, 5.41) is 10.7. The summed E-state index contributed by atoms with van der Waals surface area (Å²) < 4.78 is 0. The Morgan fingerprint density at radius 3 is 2.00 bits per heavy atom. The Bertz CT molecular complexity index is 572. The van der Waals surface area contributed by atoms with Gasteiger partial charge in [0.1, 0.15) is 6.10 Å². The maximum Gasteiger partial charge on any atom is 0.236 e. The SMILES string of the molecule is CN(C(=O)CN)C(c1ccccc1)C(O)c1ccccc1. The lowest BCUT2D eigenvalue weighted by atomic mass is 9.94. The summed E-state index contributed by atoms with van der Waals surface area (Å²) in [5.41, 5.74) is 7.09. The Kier molecular flexibility index (Phi) is 5.09. The van der Waals surface area contributed by atoms with Gasteiger partial charge in [-0.1, -0.05) is 60.7 Å². The van der Waals surface area contributed by atoms with Gasteiger partial charge in [0.15, 0.2) is 0 Å². The summed E-state index contributed by atoms with van der Waals surface area (Å²) in [6, 6.07) is 18.3. The molecule has 2 atom stereocenters. The lowest BCUT2D eigenvalue weighted by Gasteiger charge is -2.32. The van der Waals surface area contributed by atoms with E-state index in [0.717, 1.165) is 11.1 Å². The van der Waals surface area contributed by atoms with Crippen LogP contribution < -0.4 is 5.73 Å². The number of rotatable bonds is 5. The highest BCUT2D eigenvalue weighted by Crippen LogP contribution is 2.33. The fraction of sp³-hybridized carbons (Fsp3) is 0.235. The van der Waals surface area contributed by atoms with Gasteiger partial charge in [-0.25, -0.2) is 0 Å². The Labute approximate surface area is 124 Å². The molecule has 21 heavy (non-hydrogen) atoms. The van der Waals surface area contributed by atoms with Gasteiger partial charge in [-0.05, 0) is 11.1 Å². The van der Waals surface area contributed by atoms with Gasteiger partial charge in [0.2, 0.25) is 5.91 Å². The van der Waals surface area contributed by atoms with Crippen molar-refractivity contribution in [2.75, 3.05) is 13.6 Å². The maximum atomic E-state index is 12.0. The van der Waals surface area contributed by atoms with Crippen molar-refractivity contribution in [2.45, 2.75) is 12.1 Å². The first-order chi connectivity index (χ1) is 10.1. The molecule has 0 aromatic heterocycles. The maximum absolute atomic E-state index is 12.0. The van der Waals surface area contributed by atoms with Crippen LogP contribution in [0.4, 0.5) is 0 Å². The summed E-state index contributed by atoms with van der Waals surface area (Å²) in [6.45, 7) is -0.0820. The Balaban J connectivity index is 2.39. The van der Waals surface area contributed by atoms with Crippen LogP contribution in [0.5, 0.6) is 0 Å². The number of hydrogen-bond acceptors (Lipinski definition) is 3. The molecule has 0 heterocycles. The molecule has 0 aliphatic heterocycles. The van der Waals surface area contributed by atoms with Crippen LogP contribution in [0.15, 0.2) is 60.7 Å². The van der Waals surface area contributed by atoms with E-state index in [-0.39, 0.29) is 12.5 Å². The molecule has 0 saturated carbocycles. The first-order valence-electron chi connectivity index (χ1n) is 6.89. The second-order valence-electron chi connectivity index (χ2n) is 4.92. The van der Waals surface area contributed by atoms with E-state index in [2.05, 4.69) is 0 Å². The van der Waals surface area contributed by atoms with E-state index < -0.39 is 12.1 Å². The molecule has 2 unspecified atom stereocenters. The highest BCUT2D eigenvalue weighted by Gasteiger charge is 2.28. The Morgan fingerprint density at radius 2 is 1.52 bits per heavy atom. The minimum absolute atomic E-state index is 0.0820. The zero-order valence-corrected chi connectivity index (χ0v) is 12.0. The highest BCUT2D eigenvalue weighted by molar-refractivity contribution is 5.78. The van der Waals surface area contributed by atoms with Crippen LogP contribution in [0, 0.1) is 0 Å². The minimum Gasteiger partial charge on any atom is -0.386 e. The van der Waals surface area contributed by atoms with Crippen LogP contribution in [-0.2, 0) is 4.79 Å². The second kappa shape index (κ2) is 7.02. The van der Waals surface area contributed by atoms with Crippen LogP contribution >= 0.6 is 0 Å². The lowest BCUT2D eigenvalue weighted by Crippen LogP contribution is -2.38. The van der Waals surface area contributed by atoms with Crippen LogP contribution in [0.2, 0.25) is 0 Å². The number of carbonyl (C=O) groups is 1. The molecule has 0 radical (unpaired) electrons. The van der Waals surface area contributed by atoms with Gasteiger partial charge in [-0.15, -0.1) is 0 Å². The molecule has 0 spiro atoms. The fourth-order valence-corrected chi connectivity index (χ4v) is 2.40. The zero-order chi connectivity index (χ0) is 15.2. The predicted molar refractivity (Wildman–Crippen MR) is 82.4 cm³/mol. The lowest BCUT2D eigenvalue weighted by molar-refractivity contribution is -0.133. The molecule has 4 nitrogen and oxygen atoms in total. The van der Waals surface area contributed by atoms with Crippen molar-refractivity contribution < 1.29 is 9.90 Å². The third kappa shape index (κ3) is 3.48. The topological polar surface area (TPSA) is 66.6 Å². The highest BCUT2D eigenvalue weighted by atomic mass is 16.3. The van der Waals surface area contributed by atoms with E-state index >= 15 is 0 Å². The second-order valence-corrected chi connectivity index (χ2v) is 4.92. The van der Waals surface area contributed by atoms with Gasteiger partial charge >= 0.3 is 0 Å². The van der Waals surface area contributed by atoms with Gasteiger partial charge in [0.25, 0.3) is 0 Å². The molecule has 2 aromatic rings. The summed E-state index contributed by atoms with van der Waals surface area (Å²) in [4.78, 5) is 13.5. The molecule has 4 heteroatoms. The number of nitrogens with two attached hydrogens (primary N) is 1. The number of likely N-dealkylation sites (N-methyl/N-ethyl adjacent to an activating group) is 1. The van der Waals surface area contributed by atoms with Gasteiger partial charge in [-0.3, -0.25) is 4.79 Å². The number of carbonyl (C=O) groups excluding carboxylic acids is 1. The zero-order valence-electron chi connectivity index (χ0n) is 12.0. The van der Waals surface area contributed by atoms with E-state index in [1.807, 2.05) is 60.7 Å². The molecule has 2 rings (SSSR count). The molecular formula is C17H20N2O2. The number of amides is 1. The molecule has 1 amide bonds. The van der Waals surface area contributed by atoms with Crippen LogP contribution in [0.1, 0.15) is 23.3 Å². The van der Waals surface area contributed by atoms with Gasteiger partial charge in [0, 0.05) is 7.05 Å². The number of aliphatic hydroxyl groups excluding tert-OH is 1. The van der Waals surface area contributed by atoms with Gasteiger partial charge in [-0.2, -0.15) is 0 Å². The van der Waals surface area contributed by atoms with Crippen molar-refractivity contribution in [1.82, 2.24) is 4.90 Å². The predicted octanol–water partition coefficient (Wildman–Crippen LogP) is 1.88. The van der Waals surface area contributed by atoms with E-state index in [1.54, 1.807) is 7.05 Å². The van der Waals surface area contributed by atoms with Gasteiger partial charge < -0.3 is 15.7 Å². The van der Waals surface area contributed by atoms with Crippen molar-refractivity contribution in [3.05, 3.63) is 71.8 Å². The third-order valence-electron chi connectivity index (χ3n) is 3.57.